The van der Waals surface area contributed by atoms with Gasteiger partial charge in [0.1, 0.15) is 0 Å². The summed E-state index contributed by atoms with van der Waals surface area (Å²) < 4.78 is 0.839. The van der Waals surface area contributed by atoms with Crippen LogP contribution in [0.2, 0.25) is 0 Å². The van der Waals surface area contributed by atoms with Gasteiger partial charge in [-0.05, 0) is 40.5 Å². The molecule has 2 N–H and O–H groups in total. The normalized spacial score (nSPS) is 15.8. The fourth-order valence-corrected chi connectivity index (χ4v) is 2.58. The van der Waals surface area contributed by atoms with E-state index < -0.39 is 5.97 Å². The lowest BCUT2D eigenvalue weighted by Crippen LogP contribution is -2.51. The molecule has 0 radical (unpaired) electrons. The summed E-state index contributed by atoms with van der Waals surface area (Å²) in [6, 6.07) is 5.61. The van der Waals surface area contributed by atoms with Crippen molar-refractivity contribution in [2.45, 2.75) is 6.92 Å². The molecule has 1 aromatic carbocycles. The number of nitrogens with zero attached hydrogens (tertiary/aromatic N) is 2. The van der Waals surface area contributed by atoms with Crippen LogP contribution in [0.1, 0.15) is 5.56 Å². The van der Waals surface area contributed by atoms with E-state index in [9.17, 15) is 9.59 Å². The van der Waals surface area contributed by atoms with E-state index in [1.165, 1.54) is 0 Å². The maximum absolute atomic E-state index is 12.2. The van der Waals surface area contributed by atoms with E-state index in [2.05, 4.69) is 21.2 Å². The van der Waals surface area contributed by atoms with Crippen LogP contribution in [-0.4, -0.2) is 59.6 Å². The van der Waals surface area contributed by atoms with Crippen LogP contribution in [0.25, 0.3) is 0 Å². The molecule has 2 rings (SSSR count). The first-order valence-corrected chi connectivity index (χ1v) is 7.51. The molecule has 1 fully saturated rings. The van der Waals surface area contributed by atoms with Gasteiger partial charge in [0.05, 0.1) is 12.2 Å². The van der Waals surface area contributed by atoms with E-state index >= 15 is 0 Å². The predicted molar refractivity (Wildman–Crippen MR) is 83.5 cm³/mol. The highest BCUT2D eigenvalue weighted by atomic mass is 79.9. The highest BCUT2D eigenvalue weighted by Crippen LogP contribution is 2.23. The fraction of sp³-hybridized carbons (Fsp3) is 0.429. The van der Waals surface area contributed by atoms with Gasteiger partial charge >= 0.3 is 12.0 Å². The molecule has 1 heterocycles. The number of carbonyl (C=O) groups is 2. The molecule has 1 aromatic rings. The number of aliphatic carboxylic acids is 1. The Morgan fingerprint density at radius 3 is 2.57 bits per heavy atom. The third-order valence-electron chi connectivity index (χ3n) is 3.38. The minimum atomic E-state index is -0.836. The number of rotatable bonds is 3. The molecule has 1 aliphatic rings. The van der Waals surface area contributed by atoms with Crippen molar-refractivity contribution in [1.29, 1.82) is 0 Å². The number of hydrogen-bond donors (Lipinski definition) is 2. The van der Waals surface area contributed by atoms with Crippen LogP contribution >= 0.6 is 15.9 Å². The summed E-state index contributed by atoms with van der Waals surface area (Å²) in [6.07, 6.45) is 0. The van der Waals surface area contributed by atoms with Crippen LogP contribution in [0.4, 0.5) is 10.5 Å². The minimum Gasteiger partial charge on any atom is -0.480 e. The molecule has 2 amide bonds. The first-order valence-electron chi connectivity index (χ1n) is 6.72. The Morgan fingerprint density at radius 2 is 1.95 bits per heavy atom. The van der Waals surface area contributed by atoms with Crippen molar-refractivity contribution in [3.8, 4) is 0 Å². The average molecular weight is 356 g/mol. The van der Waals surface area contributed by atoms with Crippen molar-refractivity contribution in [3.05, 3.63) is 28.2 Å². The number of carbonyl (C=O) groups excluding carboxylic acids is 1. The number of carboxylic acid groups (broad SMARTS) is 1. The van der Waals surface area contributed by atoms with Gasteiger partial charge in [0.15, 0.2) is 0 Å². The van der Waals surface area contributed by atoms with Crippen LogP contribution in [0.15, 0.2) is 22.7 Å². The molecular formula is C14H18BrN3O3. The molecule has 7 heteroatoms. The molecule has 0 aliphatic carbocycles. The first kappa shape index (κ1) is 15.8. The van der Waals surface area contributed by atoms with Crippen LogP contribution < -0.4 is 5.32 Å². The number of piperazine rings is 1. The Kier molecular flexibility index (Phi) is 5.19. The van der Waals surface area contributed by atoms with E-state index in [0.29, 0.717) is 26.2 Å². The lowest BCUT2D eigenvalue weighted by molar-refractivity contribution is -0.138. The van der Waals surface area contributed by atoms with E-state index in [0.717, 1.165) is 15.7 Å². The minimum absolute atomic E-state index is 0.0267. The standard InChI is InChI=1S/C14H18BrN3O3/c1-10-2-3-11(15)12(8-10)16-14(21)18-6-4-17(5-7-18)9-13(19)20/h2-3,8H,4-7,9H2,1H3,(H,16,21)(H,19,20). The van der Waals surface area contributed by atoms with Crippen LogP contribution in [-0.2, 0) is 4.79 Å². The van der Waals surface area contributed by atoms with Gasteiger partial charge in [-0.1, -0.05) is 6.07 Å². The van der Waals surface area contributed by atoms with Crippen molar-refractivity contribution in [2.75, 3.05) is 38.0 Å². The number of nitrogens with one attached hydrogen (secondary N) is 1. The summed E-state index contributed by atoms with van der Waals surface area (Å²) in [4.78, 5) is 26.4. The van der Waals surface area contributed by atoms with Crippen molar-refractivity contribution in [1.82, 2.24) is 9.80 Å². The topological polar surface area (TPSA) is 72.9 Å². The zero-order valence-electron chi connectivity index (χ0n) is 11.8. The summed E-state index contributed by atoms with van der Waals surface area (Å²) in [5.41, 5.74) is 1.81. The predicted octanol–water partition coefficient (Wildman–Crippen LogP) is 1.99. The molecule has 0 bridgehead atoms. The van der Waals surface area contributed by atoms with Gasteiger partial charge in [0.25, 0.3) is 0 Å². The second kappa shape index (κ2) is 6.91. The molecule has 0 unspecified atom stereocenters. The second-order valence-corrected chi connectivity index (χ2v) is 5.92. The largest absolute Gasteiger partial charge is 0.480 e. The van der Waals surface area contributed by atoms with Crippen molar-refractivity contribution in [2.24, 2.45) is 0 Å². The number of benzene rings is 1. The van der Waals surface area contributed by atoms with Gasteiger partial charge in [-0.3, -0.25) is 9.69 Å². The van der Waals surface area contributed by atoms with Crippen molar-refractivity contribution < 1.29 is 14.7 Å². The molecule has 0 spiro atoms. The number of aryl methyl sites for hydroxylation is 1. The Morgan fingerprint density at radius 1 is 1.29 bits per heavy atom. The Labute approximate surface area is 131 Å². The van der Waals surface area contributed by atoms with Gasteiger partial charge in [-0.25, -0.2) is 4.79 Å². The summed E-state index contributed by atoms with van der Waals surface area (Å²) >= 11 is 3.41. The molecule has 6 nitrogen and oxygen atoms in total. The third kappa shape index (κ3) is 4.44. The maximum atomic E-state index is 12.2. The molecule has 1 aliphatic heterocycles. The molecule has 0 aromatic heterocycles. The molecule has 21 heavy (non-hydrogen) atoms. The first-order chi connectivity index (χ1) is 9.95. The quantitative estimate of drug-likeness (QED) is 0.869. The molecule has 114 valence electrons. The highest BCUT2D eigenvalue weighted by molar-refractivity contribution is 9.10. The Balaban J connectivity index is 1.90. The zero-order valence-corrected chi connectivity index (χ0v) is 13.4. The van der Waals surface area contributed by atoms with E-state index in [1.807, 2.05) is 30.0 Å². The van der Waals surface area contributed by atoms with Crippen LogP contribution in [0.5, 0.6) is 0 Å². The lowest BCUT2D eigenvalue weighted by Gasteiger charge is -2.33. The van der Waals surface area contributed by atoms with Crippen LogP contribution in [0.3, 0.4) is 0 Å². The van der Waals surface area contributed by atoms with Gasteiger partial charge in [0.2, 0.25) is 0 Å². The van der Waals surface area contributed by atoms with E-state index in [4.69, 9.17) is 5.11 Å². The molecular weight excluding hydrogens is 338 g/mol. The van der Waals surface area contributed by atoms with Gasteiger partial charge < -0.3 is 15.3 Å². The van der Waals surface area contributed by atoms with Crippen molar-refractivity contribution in [3.63, 3.8) is 0 Å². The van der Waals surface area contributed by atoms with Gasteiger partial charge in [-0.2, -0.15) is 0 Å². The molecule has 1 saturated heterocycles. The van der Waals surface area contributed by atoms with E-state index in [-0.39, 0.29) is 12.6 Å². The lowest BCUT2D eigenvalue weighted by atomic mass is 10.2. The zero-order chi connectivity index (χ0) is 15.4. The number of halogens is 1. The number of anilines is 1. The average Bonchev–Trinajstić information content (AvgIpc) is 2.43. The summed E-state index contributed by atoms with van der Waals surface area (Å²) in [7, 11) is 0. The summed E-state index contributed by atoms with van der Waals surface area (Å²) in [5, 5.41) is 11.6. The van der Waals surface area contributed by atoms with Crippen molar-refractivity contribution >= 4 is 33.6 Å². The SMILES string of the molecule is Cc1ccc(Br)c(NC(=O)N2CCN(CC(=O)O)CC2)c1. The van der Waals surface area contributed by atoms with Gasteiger partial charge in [0, 0.05) is 30.7 Å². The number of hydrogen-bond acceptors (Lipinski definition) is 3. The summed E-state index contributed by atoms with van der Waals surface area (Å²) in [5.74, 6) is -0.836. The monoisotopic (exact) mass is 355 g/mol. The highest BCUT2D eigenvalue weighted by Gasteiger charge is 2.22. The number of amides is 2. The maximum Gasteiger partial charge on any atom is 0.321 e. The molecule has 0 atom stereocenters. The number of urea groups is 1. The smallest absolute Gasteiger partial charge is 0.321 e. The van der Waals surface area contributed by atoms with E-state index in [1.54, 1.807) is 4.90 Å². The van der Waals surface area contributed by atoms with Gasteiger partial charge in [-0.15, -0.1) is 0 Å². The molecule has 0 saturated carbocycles. The number of carboxylic acids is 1. The third-order valence-corrected chi connectivity index (χ3v) is 4.07. The van der Waals surface area contributed by atoms with Crippen LogP contribution in [0, 0.1) is 6.92 Å². The fourth-order valence-electron chi connectivity index (χ4n) is 2.23. The Hall–Kier alpha value is -1.60. The Bertz CT molecular complexity index is 542. The second-order valence-electron chi connectivity index (χ2n) is 5.07. The summed E-state index contributed by atoms with van der Waals surface area (Å²) in [6.45, 7) is 4.21.